The third-order valence-corrected chi connectivity index (χ3v) is 4.84. The van der Waals surface area contributed by atoms with E-state index >= 15 is 0 Å². The molecule has 1 aromatic heterocycles. The van der Waals surface area contributed by atoms with Gasteiger partial charge in [0.25, 0.3) is 5.91 Å². The zero-order valence-corrected chi connectivity index (χ0v) is 15.4. The third kappa shape index (κ3) is 2.89. The third-order valence-electron chi connectivity index (χ3n) is 4.84. The number of benzene rings is 2. The first-order valence-electron chi connectivity index (χ1n) is 9.06. The number of hydrogen-bond donors (Lipinski definition) is 1. The highest BCUT2D eigenvalue weighted by Gasteiger charge is 2.33. The molecule has 0 spiro atoms. The minimum Gasteiger partial charge on any atom is -0.502 e. The fraction of sp³-hybridized carbons (Fsp3) is 0.136. The molecule has 0 unspecified atom stereocenters. The van der Waals surface area contributed by atoms with E-state index in [1.54, 1.807) is 4.90 Å². The molecule has 2 heterocycles. The number of carbonyl (C=O) groups excluding carboxylic acids is 1. The largest absolute Gasteiger partial charge is 0.502 e. The van der Waals surface area contributed by atoms with Gasteiger partial charge < -0.3 is 10.0 Å². The standard InChI is InChI=1S/C22H19N3O3/c1-2-24-14-17(25-20(22(24)28)21(27)18(26)13-23-25)19(15-9-5-3-6-10-15)16-11-7-4-8-12-16/h3-13,27H,2,14H2,1H3. The highest BCUT2D eigenvalue weighted by Crippen LogP contribution is 2.33. The molecule has 140 valence electrons. The zero-order valence-electron chi connectivity index (χ0n) is 15.4. The topological polar surface area (TPSA) is 75.4 Å². The number of rotatable bonds is 3. The molecule has 2 aromatic carbocycles. The Kier molecular flexibility index (Phi) is 4.53. The van der Waals surface area contributed by atoms with E-state index in [4.69, 9.17) is 0 Å². The molecule has 0 saturated heterocycles. The first-order chi connectivity index (χ1) is 13.6. The molecule has 0 fully saturated rings. The van der Waals surface area contributed by atoms with Gasteiger partial charge in [0.15, 0.2) is 11.4 Å². The Balaban J connectivity index is 2.10. The maximum absolute atomic E-state index is 12.8. The van der Waals surface area contributed by atoms with Gasteiger partial charge in [0.2, 0.25) is 5.43 Å². The summed E-state index contributed by atoms with van der Waals surface area (Å²) in [6.45, 7) is 2.62. The maximum Gasteiger partial charge on any atom is 0.276 e. The van der Waals surface area contributed by atoms with E-state index in [0.717, 1.165) is 28.6 Å². The van der Waals surface area contributed by atoms with Gasteiger partial charge in [-0.05, 0) is 18.1 Å². The Hall–Kier alpha value is -3.67. The number of nitrogens with zero attached hydrogens (tertiary/aromatic N) is 3. The van der Waals surface area contributed by atoms with E-state index in [1.165, 1.54) is 4.68 Å². The summed E-state index contributed by atoms with van der Waals surface area (Å²) in [6.07, 6.45) is 1.04. The summed E-state index contributed by atoms with van der Waals surface area (Å²) >= 11 is 0. The first kappa shape index (κ1) is 17.7. The lowest BCUT2D eigenvalue weighted by Crippen LogP contribution is -2.42. The normalized spacial score (nSPS) is 13.4. The summed E-state index contributed by atoms with van der Waals surface area (Å²) in [5, 5.41) is 14.5. The van der Waals surface area contributed by atoms with Gasteiger partial charge in [-0.15, -0.1) is 0 Å². The molecule has 1 amide bonds. The van der Waals surface area contributed by atoms with Crippen molar-refractivity contribution in [2.45, 2.75) is 6.92 Å². The second-order valence-corrected chi connectivity index (χ2v) is 6.49. The summed E-state index contributed by atoms with van der Waals surface area (Å²) in [4.78, 5) is 26.3. The van der Waals surface area contributed by atoms with Crippen LogP contribution in [0.15, 0.2) is 71.7 Å². The van der Waals surface area contributed by atoms with Gasteiger partial charge in [0.05, 0.1) is 18.4 Å². The Bertz CT molecular complexity index is 1080. The summed E-state index contributed by atoms with van der Waals surface area (Å²) < 4.78 is 1.40. The molecule has 1 aliphatic rings. The van der Waals surface area contributed by atoms with E-state index in [0.29, 0.717) is 13.1 Å². The zero-order chi connectivity index (χ0) is 19.7. The molecule has 1 N–H and O–H groups in total. The Morgan fingerprint density at radius 1 is 1.00 bits per heavy atom. The minimum atomic E-state index is -0.669. The Morgan fingerprint density at radius 2 is 1.57 bits per heavy atom. The highest BCUT2D eigenvalue weighted by molar-refractivity contribution is 6.03. The lowest BCUT2D eigenvalue weighted by Gasteiger charge is -2.32. The molecule has 0 radical (unpaired) electrons. The van der Waals surface area contributed by atoms with E-state index in [2.05, 4.69) is 5.10 Å². The van der Waals surface area contributed by atoms with Crippen LogP contribution < -0.4 is 5.43 Å². The molecule has 0 atom stereocenters. The van der Waals surface area contributed by atoms with Gasteiger partial charge in [-0.2, -0.15) is 5.10 Å². The molecule has 6 nitrogen and oxygen atoms in total. The lowest BCUT2D eigenvalue weighted by atomic mass is 9.94. The summed E-state index contributed by atoms with van der Waals surface area (Å²) in [7, 11) is 0. The van der Waals surface area contributed by atoms with Gasteiger partial charge in [-0.1, -0.05) is 60.7 Å². The average Bonchev–Trinajstić information content (AvgIpc) is 2.73. The lowest BCUT2D eigenvalue weighted by molar-refractivity contribution is 0.0752. The van der Waals surface area contributed by atoms with Crippen LogP contribution in [0.25, 0.3) is 11.3 Å². The highest BCUT2D eigenvalue weighted by atomic mass is 16.3. The van der Waals surface area contributed by atoms with E-state index in [9.17, 15) is 14.7 Å². The molecule has 1 aliphatic heterocycles. The second-order valence-electron chi connectivity index (χ2n) is 6.49. The fourth-order valence-electron chi connectivity index (χ4n) is 3.46. The summed E-state index contributed by atoms with van der Waals surface area (Å²) in [5.41, 5.74) is 2.77. The van der Waals surface area contributed by atoms with Crippen LogP contribution in [-0.4, -0.2) is 38.8 Å². The van der Waals surface area contributed by atoms with Crippen molar-refractivity contribution in [3.63, 3.8) is 0 Å². The van der Waals surface area contributed by atoms with Gasteiger partial charge >= 0.3 is 0 Å². The van der Waals surface area contributed by atoms with Crippen molar-refractivity contribution in [3.05, 3.63) is 93.9 Å². The number of fused-ring (bicyclic) bond motifs is 1. The number of aromatic nitrogens is 2. The molecule has 4 rings (SSSR count). The van der Waals surface area contributed by atoms with Crippen molar-refractivity contribution in [2.75, 3.05) is 13.1 Å². The predicted octanol–water partition coefficient (Wildman–Crippen LogP) is 2.84. The van der Waals surface area contributed by atoms with Crippen molar-refractivity contribution in [3.8, 4) is 5.75 Å². The van der Waals surface area contributed by atoms with Crippen LogP contribution in [0.5, 0.6) is 5.75 Å². The number of amides is 1. The van der Waals surface area contributed by atoms with Gasteiger partial charge in [0.1, 0.15) is 0 Å². The summed E-state index contributed by atoms with van der Waals surface area (Å²) in [6, 6.07) is 19.6. The number of likely N-dealkylation sites (N-methyl/N-ethyl adjacent to an activating group) is 1. The molecule has 0 bridgehead atoms. The minimum absolute atomic E-state index is 0.0973. The molecular weight excluding hydrogens is 354 g/mol. The van der Waals surface area contributed by atoms with Gasteiger partial charge in [-0.3, -0.25) is 9.59 Å². The quantitative estimate of drug-likeness (QED) is 0.766. The molecule has 3 aromatic rings. The summed E-state index contributed by atoms with van der Waals surface area (Å²) in [5.74, 6) is -0.981. The maximum atomic E-state index is 12.8. The van der Waals surface area contributed by atoms with Crippen molar-refractivity contribution in [1.82, 2.24) is 14.7 Å². The predicted molar refractivity (Wildman–Crippen MR) is 107 cm³/mol. The Labute approximate surface area is 162 Å². The number of aromatic hydroxyl groups is 1. The smallest absolute Gasteiger partial charge is 0.276 e. The SMILES string of the molecule is CCN1CC(=C(c2ccccc2)c2ccccc2)n2ncc(=O)c(O)c2C1=O. The Morgan fingerprint density at radius 3 is 2.11 bits per heavy atom. The molecule has 28 heavy (non-hydrogen) atoms. The van der Waals surface area contributed by atoms with Crippen LogP contribution in [0, 0.1) is 0 Å². The molecule has 0 saturated carbocycles. The molecular formula is C22H19N3O3. The molecule has 6 heteroatoms. The second kappa shape index (κ2) is 7.15. The van der Waals surface area contributed by atoms with Crippen molar-refractivity contribution < 1.29 is 9.90 Å². The molecule has 0 aliphatic carbocycles. The van der Waals surface area contributed by atoms with Crippen molar-refractivity contribution in [2.24, 2.45) is 0 Å². The van der Waals surface area contributed by atoms with E-state index in [1.807, 2.05) is 67.6 Å². The number of hydrogen-bond acceptors (Lipinski definition) is 4. The van der Waals surface area contributed by atoms with Crippen LogP contribution in [0.3, 0.4) is 0 Å². The van der Waals surface area contributed by atoms with Crippen LogP contribution in [-0.2, 0) is 0 Å². The van der Waals surface area contributed by atoms with Crippen LogP contribution in [0.1, 0.15) is 28.5 Å². The fourth-order valence-corrected chi connectivity index (χ4v) is 3.46. The van der Waals surface area contributed by atoms with Crippen LogP contribution >= 0.6 is 0 Å². The van der Waals surface area contributed by atoms with Gasteiger partial charge in [0, 0.05) is 12.1 Å². The van der Waals surface area contributed by atoms with E-state index in [-0.39, 0.29) is 5.69 Å². The van der Waals surface area contributed by atoms with Crippen LogP contribution in [0.4, 0.5) is 0 Å². The number of carbonyl (C=O) groups is 1. The van der Waals surface area contributed by atoms with Gasteiger partial charge in [-0.25, -0.2) is 4.68 Å². The van der Waals surface area contributed by atoms with E-state index < -0.39 is 17.1 Å². The van der Waals surface area contributed by atoms with Crippen molar-refractivity contribution >= 4 is 17.2 Å². The van der Waals surface area contributed by atoms with Crippen molar-refractivity contribution in [1.29, 1.82) is 0 Å². The van der Waals surface area contributed by atoms with Crippen LogP contribution in [0.2, 0.25) is 0 Å². The first-order valence-corrected chi connectivity index (χ1v) is 9.06. The average molecular weight is 373 g/mol. The monoisotopic (exact) mass is 373 g/mol.